The summed E-state index contributed by atoms with van der Waals surface area (Å²) in [7, 11) is 5.83. The molecule has 3 N–H and O–H groups in total. The van der Waals surface area contributed by atoms with E-state index in [2.05, 4.69) is 20.2 Å². The molecular formula is C15H23N7O2. The van der Waals surface area contributed by atoms with Crippen molar-refractivity contribution in [1.29, 1.82) is 0 Å². The van der Waals surface area contributed by atoms with Gasteiger partial charge in [0.1, 0.15) is 11.5 Å². The van der Waals surface area contributed by atoms with E-state index in [-0.39, 0.29) is 18.1 Å². The van der Waals surface area contributed by atoms with E-state index < -0.39 is 0 Å². The molecule has 0 spiro atoms. The van der Waals surface area contributed by atoms with Crippen LogP contribution in [0.4, 0.5) is 5.82 Å². The second-order valence-corrected chi connectivity index (χ2v) is 6.27. The Balaban J connectivity index is 1.93. The summed E-state index contributed by atoms with van der Waals surface area (Å²) in [6, 6.07) is 1.34. The smallest absolute Gasteiger partial charge is 0.272 e. The molecule has 1 aliphatic rings. The van der Waals surface area contributed by atoms with E-state index in [1.165, 1.54) is 0 Å². The van der Waals surface area contributed by atoms with Crippen LogP contribution < -0.4 is 5.73 Å². The Morgan fingerprint density at radius 2 is 2.33 bits per heavy atom. The number of H-pyrrole nitrogens is 1. The number of anilines is 1. The number of nitrogens with two attached hydrogens (primary N) is 1. The molecule has 1 saturated heterocycles. The molecule has 130 valence electrons. The van der Waals surface area contributed by atoms with E-state index >= 15 is 0 Å². The number of nitrogens with one attached hydrogen (secondary N) is 1. The Morgan fingerprint density at radius 3 is 2.92 bits per heavy atom. The summed E-state index contributed by atoms with van der Waals surface area (Å²) in [6.07, 6.45) is 3.56. The number of amides is 1. The highest BCUT2D eigenvalue weighted by molar-refractivity contribution is 5.93. The largest absolute Gasteiger partial charge is 0.382 e. The number of hydrogen-bond acceptors (Lipinski definition) is 6. The SMILES string of the molecule is CN(C)C[C@@H]1OCCN(C(=O)c2cc(N)n[nH]2)[C@H]1c1cnn(C)c1. The molecule has 2 atom stereocenters. The predicted molar refractivity (Wildman–Crippen MR) is 88.3 cm³/mol. The first-order valence-electron chi connectivity index (χ1n) is 7.82. The monoisotopic (exact) mass is 333 g/mol. The Labute approximate surface area is 140 Å². The first kappa shape index (κ1) is 16.5. The highest BCUT2D eigenvalue weighted by Gasteiger charge is 2.38. The average Bonchev–Trinajstić information content (AvgIpc) is 3.14. The lowest BCUT2D eigenvalue weighted by atomic mass is 10.00. The molecule has 0 bridgehead atoms. The molecule has 9 nitrogen and oxygen atoms in total. The standard InChI is InChI=1S/C15H23N7O2/c1-20(2)9-12-14(10-7-17-21(3)8-10)22(4-5-24-12)15(23)11-6-13(16)19-18-11/h6-8,12,14H,4-5,9H2,1-3H3,(H3,16,18,19)/t12-,14-/m0/s1. The number of carbonyl (C=O) groups is 1. The summed E-state index contributed by atoms with van der Waals surface area (Å²) in [6.45, 7) is 1.69. The van der Waals surface area contributed by atoms with Gasteiger partial charge in [0, 0.05) is 38.0 Å². The van der Waals surface area contributed by atoms with E-state index in [1.807, 2.05) is 32.2 Å². The minimum absolute atomic E-state index is 0.137. The van der Waals surface area contributed by atoms with Gasteiger partial charge in [-0.2, -0.15) is 10.2 Å². The molecular weight excluding hydrogens is 310 g/mol. The van der Waals surface area contributed by atoms with Crippen LogP contribution in [0.3, 0.4) is 0 Å². The van der Waals surface area contributed by atoms with Crippen LogP contribution in [0.2, 0.25) is 0 Å². The number of nitrogen functional groups attached to an aromatic ring is 1. The van der Waals surface area contributed by atoms with Crippen molar-refractivity contribution in [2.45, 2.75) is 12.1 Å². The van der Waals surface area contributed by atoms with Gasteiger partial charge in [-0.1, -0.05) is 0 Å². The van der Waals surface area contributed by atoms with Crippen LogP contribution in [-0.2, 0) is 11.8 Å². The van der Waals surface area contributed by atoms with Crippen LogP contribution in [0, 0.1) is 0 Å². The van der Waals surface area contributed by atoms with Crippen LogP contribution in [0.15, 0.2) is 18.5 Å². The number of aromatic nitrogens is 4. The van der Waals surface area contributed by atoms with E-state index in [0.29, 0.717) is 31.2 Å². The van der Waals surface area contributed by atoms with Crippen LogP contribution in [-0.4, -0.2) is 75.6 Å². The first-order valence-corrected chi connectivity index (χ1v) is 7.82. The van der Waals surface area contributed by atoms with Crippen molar-refractivity contribution >= 4 is 11.7 Å². The molecule has 9 heteroatoms. The van der Waals surface area contributed by atoms with Gasteiger partial charge in [-0.15, -0.1) is 0 Å². The van der Waals surface area contributed by atoms with Gasteiger partial charge in [0.25, 0.3) is 5.91 Å². The normalized spacial score (nSPS) is 21.4. The molecule has 2 aromatic heterocycles. The summed E-state index contributed by atoms with van der Waals surface area (Å²) >= 11 is 0. The van der Waals surface area contributed by atoms with Gasteiger partial charge in [-0.3, -0.25) is 14.6 Å². The van der Waals surface area contributed by atoms with Crippen molar-refractivity contribution in [3.63, 3.8) is 0 Å². The summed E-state index contributed by atoms with van der Waals surface area (Å²) in [5.74, 6) is 0.162. The predicted octanol–water partition coefficient (Wildman–Crippen LogP) is -0.131. The lowest BCUT2D eigenvalue weighted by Gasteiger charge is -2.41. The van der Waals surface area contributed by atoms with Crippen molar-refractivity contribution in [3.8, 4) is 0 Å². The van der Waals surface area contributed by atoms with Gasteiger partial charge in [0.05, 0.1) is 24.9 Å². The van der Waals surface area contributed by atoms with Crippen LogP contribution in [0.25, 0.3) is 0 Å². The number of hydrogen-bond donors (Lipinski definition) is 2. The van der Waals surface area contributed by atoms with Gasteiger partial charge in [-0.25, -0.2) is 0 Å². The molecule has 1 amide bonds. The minimum atomic E-state index is -0.216. The summed E-state index contributed by atoms with van der Waals surface area (Å²) in [4.78, 5) is 16.8. The van der Waals surface area contributed by atoms with Crippen molar-refractivity contribution in [2.75, 3.05) is 39.5 Å². The molecule has 0 unspecified atom stereocenters. The van der Waals surface area contributed by atoms with Gasteiger partial charge in [0.15, 0.2) is 0 Å². The molecule has 24 heavy (non-hydrogen) atoms. The first-order chi connectivity index (χ1) is 11.5. The molecule has 2 aromatic rings. The summed E-state index contributed by atoms with van der Waals surface area (Å²) in [5, 5.41) is 10.8. The maximum Gasteiger partial charge on any atom is 0.272 e. The van der Waals surface area contributed by atoms with Crippen molar-refractivity contribution in [1.82, 2.24) is 29.8 Å². The maximum absolute atomic E-state index is 12.9. The average molecular weight is 333 g/mol. The summed E-state index contributed by atoms with van der Waals surface area (Å²) < 4.78 is 7.69. The molecule has 0 aliphatic carbocycles. The number of nitrogens with zero attached hydrogens (tertiary/aromatic N) is 5. The van der Waals surface area contributed by atoms with Gasteiger partial charge in [0.2, 0.25) is 0 Å². The second kappa shape index (κ2) is 6.62. The third kappa shape index (κ3) is 3.26. The van der Waals surface area contributed by atoms with E-state index in [1.54, 1.807) is 16.9 Å². The van der Waals surface area contributed by atoms with E-state index in [0.717, 1.165) is 5.56 Å². The number of carbonyl (C=O) groups excluding carboxylic acids is 1. The highest BCUT2D eigenvalue weighted by Crippen LogP contribution is 2.31. The van der Waals surface area contributed by atoms with E-state index in [4.69, 9.17) is 10.5 Å². The zero-order valence-corrected chi connectivity index (χ0v) is 14.1. The summed E-state index contributed by atoms with van der Waals surface area (Å²) in [5.41, 5.74) is 6.96. The van der Waals surface area contributed by atoms with Gasteiger partial charge >= 0.3 is 0 Å². The number of aryl methyl sites for hydroxylation is 1. The molecule has 0 radical (unpaired) electrons. The quantitative estimate of drug-likeness (QED) is 0.807. The van der Waals surface area contributed by atoms with Crippen LogP contribution in [0.1, 0.15) is 22.1 Å². The van der Waals surface area contributed by atoms with Gasteiger partial charge in [-0.05, 0) is 14.1 Å². The lowest BCUT2D eigenvalue weighted by Crippen LogP contribution is -2.51. The van der Waals surface area contributed by atoms with Crippen LogP contribution in [0.5, 0.6) is 0 Å². The fourth-order valence-electron chi connectivity index (χ4n) is 3.06. The topological polar surface area (TPSA) is 105 Å². The number of rotatable bonds is 4. The molecule has 1 aliphatic heterocycles. The fraction of sp³-hybridized carbons (Fsp3) is 0.533. The van der Waals surface area contributed by atoms with Crippen molar-refractivity contribution < 1.29 is 9.53 Å². The Kier molecular flexibility index (Phi) is 4.54. The molecule has 0 aromatic carbocycles. The lowest BCUT2D eigenvalue weighted by molar-refractivity contribution is -0.0686. The fourth-order valence-corrected chi connectivity index (χ4v) is 3.06. The number of aromatic amines is 1. The van der Waals surface area contributed by atoms with Gasteiger partial charge < -0.3 is 20.3 Å². The number of morpholine rings is 1. The third-order valence-electron chi connectivity index (χ3n) is 4.05. The van der Waals surface area contributed by atoms with Crippen LogP contribution >= 0.6 is 0 Å². The van der Waals surface area contributed by atoms with Crippen molar-refractivity contribution in [3.05, 3.63) is 29.7 Å². The number of ether oxygens (including phenoxy) is 1. The number of likely N-dealkylation sites (N-methyl/N-ethyl adjacent to an activating group) is 1. The van der Waals surface area contributed by atoms with Crippen molar-refractivity contribution in [2.24, 2.45) is 7.05 Å². The molecule has 0 saturated carbocycles. The molecule has 1 fully saturated rings. The Morgan fingerprint density at radius 1 is 1.54 bits per heavy atom. The third-order valence-corrected chi connectivity index (χ3v) is 4.05. The Bertz CT molecular complexity index is 708. The zero-order chi connectivity index (χ0) is 17.3. The molecule has 3 heterocycles. The van der Waals surface area contributed by atoms with E-state index in [9.17, 15) is 4.79 Å². The second-order valence-electron chi connectivity index (χ2n) is 6.27. The highest BCUT2D eigenvalue weighted by atomic mass is 16.5. The maximum atomic E-state index is 12.9. The Hall–Kier alpha value is -2.39. The minimum Gasteiger partial charge on any atom is -0.382 e. The molecule has 3 rings (SSSR count). The zero-order valence-electron chi connectivity index (χ0n) is 14.1.